The number of benzene rings is 1. The summed E-state index contributed by atoms with van der Waals surface area (Å²) >= 11 is 7.29. The third kappa shape index (κ3) is 4.55. The molecule has 2 aromatic heterocycles. The molecular weight excluding hydrogens is 426 g/mol. The zero-order valence-electron chi connectivity index (χ0n) is 16.9. The van der Waals surface area contributed by atoms with Gasteiger partial charge in [-0.1, -0.05) is 31.0 Å². The quantitative estimate of drug-likeness (QED) is 0.423. The van der Waals surface area contributed by atoms with Crippen LogP contribution in [0.15, 0.2) is 34.7 Å². The molecule has 9 heteroatoms. The Kier molecular flexibility index (Phi) is 6.89. The van der Waals surface area contributed by atoms with Gasteiger partial charge in [-0.15, -0.1) is 11.3 Å². The molecule has 1 amide bonds. The second kappa shape index (κ2) is 9.40. The molecule has 1 aromatic carbocycles. The standard InChI is InChI=1S/C21H22ClN3O4S/c1-4-5-8-29-21(28)15-10-30-19-17(15)20(27)25(11-23-19)13(3)18(26)24-14-7-6-12(2)16(22)9-14/h6-7,9-11,13H,4-5,8H2,1-3H3,(H,24,26). The fraction of sp³-hybridized carbons (Fsp3) is 0.333. The van der Waals surface area contributed by atoms with E-state index in [9.17, 15) is 14.4 Å². The van der Waals surface area contributed by atoms with Gasteiger partial charge in [-0.2, -0.15) is 0 Å². The molecule has 0 aliphatic carbocycles. The molecule has 0 aliphatic heterocycles. The number of aryl methyl sites for hydroxylation is 1. The van der Waals surface area contributed by atoms with Gasteiger partial charge in [0, 0.05) is 16.1 Å². The monoisotopic (exact) mass is 447 g/mol. The molecule has 0 saturated heterocycles. The minimum absolute atomic E-state index is 0.169. The number of thiophene rings is 1. The number of carbonyl (C=O) groups excluding carboxylic acids is 2. The molecule has 0 spiro atoms. The zero-order valence-corrected chi connectivity index (χ0v) is 18.5. The highest BCUT2D eigenvalue weighted by atomic mass is 35.5. The van der Waals surface area contributed by atoms with E-state index in [-0.39, 0.29) is 10.9 Å². The van der Waals surface area contributed by atoms with Crippen molar-refractivity contribution < 1.29 is 14.3 Å². The summed E-state index contributed by atoms with van der Waals surface area (Å²) in [4.78, 5) is 42.8. The van der Waals surface area contributed by atoms with E-state index >= 15 is 0 Å². The molecule has 0 saturated carbocycles. The maximum atomic E-state index is 13.1. The molecule has 0 fully saturated rings. The Morgan fingerprint density at radius 3 is 2.83 bits per heavy atom. The third-order valence-electron chi connectivity index (χ3n) is 4.71. The molecule has 30 heavy (non-hydrogen) atoms. The first kappa shape index (κ1) is 22.0. The van der Waals surface area contributed by atoms with E-state index in [1.807, 2.05) is 13.8 Å². The van der Waals surface area contributed by atoms with Crippen LogP contribution in [0.4, 0.5) is 5.69 Å². The van der Waals surface area contributed by atoms with Gasteiger partial charge in [-0.05, 0) is 38.0 Å². The summed E-state index contributed by atoms with van der Waals surface area (Å²) in [5.41, 5.74) is 1.13. The van der Waals surface area contributed by atoms with E-state index in [4.69, 9.17) is 16.3 Å². The number of rotatable bonds is 7. The van der Waals surface area contributed by atoms with Crippen LogP contribution in [0.5, 0.6) is 0 Å². The molecule has 0 bridgehead atoms. The Morgan fingerprint density at radius 2 is 2.13 bits per heavy atom. The number of esters is 1. The summed E-state index contributed by atoms with van der Waals surface area (Å²) in [6.07, 6.45) is 2.96. The number of hydrogen-bond donors (Lipinski definition) is 1. The third-order valence-corrected chi connectivity index (χ3v) is 6.00. The number of nitrogens with zero attached hydrogens (tertiary/aromatic N) is 2. The Labute approximate surface area is 182 Å². The van der Waals surface area contributed by atoms with Crippen molar-refractivity contribution >= 4 is 50.7 Å². The van der Waals surface area contributed by atoms with Gasteiger partial charge in [0.25, 0.3) is 5.56 Å². The Hall–Kier alpha value is -2.71. The highest BCUT2D eigenvalue weighted by molar-refractivity contribution is 7.17. The Balaban J connectivity index is 1.87. The topological polar surface area (TPSA) is 90.3 Å². The van der Waals surface area contributed by atoms with E-state index < -0.39 is 23.5 Å². The number of ether oxygens (including phenoxy) is 1. The van der Waals surface area contributed by atoms with Gasteiger partial charge in [0.05, 0.1) is 23.9 Å². The SMILES string of the molecule is CCCCOC(=O)c1csc2ncn(C(C)C(=O)Nc3ccc(C)c(Cl)c3)c(=O)c12. The van der Waals surface area contributed by atoms with E-state index in [1.165, 1.54) is 22.2 Å². The van der Waals surface area contributed by atoms with Gasteiger partial charge >= 0.3 is 5.97 Å². The lowest BCUT2D eigenvalue weighted by molar-refractivity contribution is -0.118. The number of hydrogen-bond acceptors (Lipinski definition) is 6. The van der Waals surface area contributed by atoms with E-state index in [0.717, 1.165) is 18.4 Å². The van der Waals surface area contributed by atoms with Crippen LogP contribution < -0.4 is 10.9 Å². The number of unbranched alkanes of at least 4 members (excludes halogenated alkanes) is 1. The highest BCUT2D eigenvalue weighted by Gasteiger charge is 2.23. The molecule has 3 rings (SSSR count). The first-order chi connectivity index (χ1) is 14.3. The predicted molar refractivity (Wildman–Crippen MR) is 119 cm³/mol. The van der Waals surface area contributed by atoms with Crippen molar-refractivity contribution in [1.82, 2.24) is 9.55 Å². The molecule has 0 aliphatic rings. The number of amides is 1. The van der Waals surface area contributed by atoms with Crippen molar-refractivity contribution in [2.45, 2.75) is 39.7 Å². The average Bonchev–Trinajstić information content (AvgIpc) is 3.16. The van der Waals surface area contributed by atoms with Crippen LogP contribution >= 0.6 is 22.9 Å². The molecule has 2 heterocycles. The van der Waals surface area contributed by atoms with Gasteiger partial charge in [-0.25, -0.2) is 9.78 Å². The van der Waals surface area contributed by atoms with Crippen molar-refractivity contribution in [1.29, 1.82) is 0 Å². The van der Waals surface area contributed by atoms with Gasteiger partial charge in [0.1, 0.15) is 10.9 Å². The van der Waals surface area contributed by atoms with Gasteiger partial charge in [-0.3, -0.25) is 14.2 Å². The van der Waals surface area contributed by atoms with E-state index in [0.29, 0.717) is 22.1 Å². The molecule has 0 radical (unpaired) electrons. The largest absolute Gasteiger partial charge is 0.462 e. The average molecular weight is 448 g/mol. The zero-order chi connectivity index (χ0) is 21.8. The smallest absolute Gasteiger partial charge is 0.339 e. The number of aromatic nitrogens is 2. The summed E-state index contributed by atoms with van der Waals surface area (Å²) < 4.78 is 6.45. The second-order valence-corrected chi connectivity index (χ2v) is 8.17. The fourth-order valence-electron chi connectivity index (χ4n) is 2.80. The van der Waals surface area contributed by atoms with Crippen LogP contribution in [0.2, 0.25) is 5.02 Å². The summed E-state index contributed by atoms with van der Waals surface area (Å²) in [5.74, 6) is -0.960. The number of halogens is 1. The summed E-state index contributed by atoms with van der Waals surface area (Å²) in [5, 5.41) is 5.02. The van der Waals surface area contributed by atoms with Gasteiger partial charge in [0.15, 0.2) is 0 Å². The Morgan fingerprint density at radius 1 is 1.37 bits per heavy atom. The van der Waals surface area contributed by atoms with Crippen LogP contribution in [0.3, 0.4) is 0 Å². The lowest BCUT2D eigenvalue weighted by atomic mass is 10.2. The Bertz CT molecular complexity index is 1150. The number of fused-ring (bicyclic) bond motifs is 1. The molecule has 1 N–H and O–H groups in total. The highest BCUT2D eigenvalue weighted by Crippen LogP contribution is 2.23. The van der Waals surface area contributed by atoms with Crippen molar-refractivity contribution in [3.05, 3.63) is 56.4 Å². The molecular formula is C21H22ClN3O4S. The van der Waals surface area contributed by atoms with Crippen LogP contribution in [0, 0.1) is 6.92 Å². The first-order valence-corrected chi connectivity index (χ1v) is 10.8. The second-order valence-electron chi connectivity index (χ2n) is 6.91. The molecule has 1 atom stereocenters. The molecule has 3 aromatic rings. The summed E-state index contributed by atoms with van der Waals surface area (Å²) in [6.45, 7) is 5.74. The molecule has 1 unspecified atom stereocenters. The maximum absolute atomic E-state index is 13.1. The van der Waals surface area contributed by atoms with Crippen LogP contribution in [0.1, 0.15) is 48.7 Å². The fourth-order valence-corrected chi connectivity index (χ4v) is 3.85. The number of nitrogens with one attached hydrogen (secondary N) is 1. The van der Waals surface area contributed by atoms with Crippen LogP contribution in [-0.4, -0.2) is 28.0 Å². The summed E-state index contributed by atoms with van der Waals surface area (Å²) in [6, 6.07) is 4.33. The predicted octanol–water partition coefficient (Wildman–Crippen LogP) is 4.58. The lowest BCUT2D eigenvalue weighted by Crippen LogP contribution is -2.32. The van der Waals surface area contributed by atoms with Crippen LogP contribution in [-0.2, 0) is 9.53 Å². The van der Waals surface area contributed by atoms with E-state index in [1.54, 1.807) is 30.5 Å². The number of anilines is 1. The van der Waals surface area contributed by atoms with Crippen molar-refractivity contribution in [3.63, 3.8) is 0 Å². The summed E-state index contributed by atoms with van der Waals surface area (Å²) in [7, 11) is 0. The lowest BCUT2D eigenvalue weighted by Gasteiger charge is -2.15. The van der Waals surface area contributed by atoms with Crippen LogP contribution in [0.25, 0.3) is 10.2 Å². The van der Waals surface area contributed by atoms with Crippen molar-refractivity contribution in [3.8, 4) is 0 Å². The van der Waals surface area contributed by atoms with Crippen molar-refractivity contribution in [2.75, 3.05) is 11.9 Å². The van der Waals surface area contributed by atoms with Gasteiger partial charge in [0.2, 0.25) is 5.91 Å². The molecule has 158 valence electrons. The maximum Gasteiger partial charge on any atom is 0.339 e. The van der Waals surface area contributed by atoms with Crippen molar-refractivity contribution in [2.24, 2.45) is 0 Å². The molecule has 7 nitrogen and oxygen atoms in total. The minimum atomic E-state index is -0.849. The normalized spacial score (nSPS) is 12.0. The number of carbonyl (C=O) groups is 2. The van der Waals surface area contributed by atoms with Gasteiger partial charge < -0.3 is 10.1 Å². The minimum Gasteiger partial charge on any atom is -0.462 e. The first-order valence-electron chi connectivity index (χ1n) is 9.56. The van der Waals surface area contributed by atoms with E-state index in [2.05, 4.69) is 10.3 Å².